The summed E-state index contributed by atoms with van der Waals surface area (Å²) < 4.78 is 65.3. The molecule has 1 aliphatic heterocycles. The molecular weight excluding hydrogens is 387 g/mol. The van der Waals surface area contributed by atoms with Gasteiger partial charge in [0, 0.05) is 36.8 Å². The standard InChI is InChI=1S/C22H23F5N2/c1-13(23)6-11-20(14(2)24)28-15(3)21-16(4)29(5)12-19(21)17-7-9-18(10-8-17)22(25,26)27/h6-11,19,21,28H,2-4,12H2,1,5H3/b13-6+,20-11+/t19?,21-/m0/s1. The number of hydrogen-bond donors (Lipinski definition) is 1. The molecular formula is C22H23F5N2. The Morgan fingerprint density at radius 1 is 1.14 bits per heavy atom. The van der Waals surface area contributed by atoms with Gasteiger partial charge in [0.2, 0.25) is 0 Å². The minimum atomic E-state index is -4.41. The number of allylic oxidation sites excluding steroid dienone is 4. The van der Waals surface area contributed by atoms with Gasteiger partial charge in [-0.25, -0.2) is 8.78 Å². The number of hydrogen-bond acceptors (Lipinski definition) is 2. The summed E-state index contributed by atoms with van der Waals surface area (Å²) in [6.07, 6.45) is -2.12. The molecule has 0 saturated carbocycles. The molecule has 2 nitrogen and oxygen atoms in total. The molecule has 0 aliphatic carbocycles. The Hall–Kier alpha value is -2.83. The Morgan fingerprint density at radius 3 is 2.21 bits per heavy atom. The number of alkyl halides is 3. The van der Waals surface area contributed by atoms with Crippen molar-refractivity contribution in [3.8, 4) is 0 Å². The highest BCUT2D eigenvalue weighted by Gasteiger charge is 2.38. The molecule has 0 spiro atoms. The molecule has 1 aliphatic rings. The van der Waals surface area contributed by atoms with E-state index in [1.807, 2.05) is 11.9 Å². The van der Waals surface area contributed by atoms with Crippen LogP contribution in [0, 0.1) is 5.92 Å². The lowest BCUT2D eigenvalue weighted by atomic mass is 9.85. The van der Waals surface area contributed by atoms with E-state index < -0.39 is 29.3 Å². The predicted molar refractivity (Wildman–Crippen MR) is 105 cm³/mol. The third kappa shape index (κ3) is 5.37. The van der Waals surface area contributed by atoms with Crippen molar-refractivity contribution in [2.24, 2.45) is 5.92 Å². The predicted octanol–water partition coefficient (Wildman–Crippen LogP) is 6.21. The Balaban J connectivity index is 2.32. The third-order valence-electron chi connectivity index (χ3n) is 4.83. The quantitative estimate of drug-likeness (QED) is 0.443. The lowest BCUT2D eigenvalue weighted by Gasteiger charge is -2.24. The van der Waals surface area contributed by atoms with Gasteiger partial charge in [0.05, 0.1) is 17.1 Å². The molecule has 1 saturated heterocycles. The van der Waals surface area contributed by atoms with Crippen molar-refractivity contribution in [3.05, 3.63) is 96.0 Å². The van der Waals surface area contributed by atoms with Gasteiger partial charge in [-0.3, -0.25) is 0 Å². The Kier molecular flexibility index (Phi) is 6.72. The van der Waals surface area contributed by atoms with Crippen LogP contribution in [0.25, 0.3) is 0 Å². The van der Waals surface area contributed by atoms with Gasteiger partial charge in [-0.1, -0.05) is 31.9 Å². The van der Waals surface area contributed by atoms with Crippen LogP contribution < -0.4 is 5.32 Å². The number of halogens is 5. The van der Waals surface area contributed by atoms with Crippen molar-refractivity contribution < 1.29 is 22.0 Å². The molecule has 2 rings (SSSR count). The highest BCUT2D eigenvalue weighted by atomic mass is 19.4. The van der Waals surface area contributed by atoms with E-state index in [-0.39, 0.29) is 11.6 Å². The maximum absolute atomic E-state index is 13.8. The average Bonchev–Trinajstić information content (AvgIpc) is 2.92. The summed E-state index contributed by atoms with van der Waals surface area (Å²) in [5.74, 6) is -1.94. The SMILES string of the molecule is C=C(F)/C(=C\C=C(/C)F)NC(=C)[C@H]1C(=C)N(C)CC1c1ccc(C(F)(F)F)cc1. The molecule has 7 heteroatoms. The Labute approximate surface area is 167 Å². The lowest BCUT2D eigenvalue weighted by Crippen LogP contribution is -2.23. The van der Waals surface area contributed by atoms with E-state index in [2.05, 4.69) is 25.1 Å². The summed E-state index contributed by atoms with van der Waals surface area (Å²) in [6, 6.07) is 4.93. The minimum absolute atomic E-state index is 0.0551. The molecule has 1 aromatic rings. The van der Waals surface area contributed by atoms with Crippen molar-refractivity contribution in [2.45, 2.75) is 19.0 Å². The summed E-state index contributed by atoms with van der Waals surface area (Å²) >= 11 is 0. The molecule has 156 valence electrons. The second kappa shape index (κ2) is 8.68. The van der Waals surface area contributed by atoms with Crippen molar-refractivity contribution in [1.29, 1.82) is 0 Å². The van der Waals surface area contributed by atoms with Crippen LogP contribution in [0.4, 0.5) is 22.0 Å². The van der Waals surface area contributed by atoms with E-state index in [4.69, 9.17) is 0 Å². The first-order valence-corrected chi connectivity index (χ1v) is 8.83. The van der Waals surface area contributed by atoms with Gasteiger partial charge in [-0.15, -0.1) is 0 Å². The molecule has 29 heavy (non-hydrogen) atoms. The normalized spacial score (nSPS) is 20.8. The van der Waals surface area contributed by atoms with Crippen LogP contribution in [-0.4, -0.2) is 18.5 Å². The smallest absolute Gasteiger partial charge is 0.377 e. The first-order valence-electron chi connectivity index (χ1n) is 8.83. The number of likely N-dealkylation sites (N-methyl/N-ethyl adjacent to an activating group) is 1. The molecule has 1 fully saturated rings. The van der Waals surface area contributed by atoms with Gasteiger partial charge in [0.1, 0.15) is 5.83 Å². The summed E-state index contributed by atoms with van der Waals surface area (Å²) in [7, 11) is 1.81. The van der Waals surface area contributed by atoms with Gasteiger partial charge in [0.25, 0.3) is 0 Å². The van der Waals surface area contributed by atoms with Crippen molar-refractivity contribution in [3.63, 3.8) is 0 Å². The molecule has 0 amide bonds. The van der Waals surface area contributed by atoms with E-state index in [1.54, 1.807) is 0 Å². The number of benzene rings is 1. The first-order chi connectivity index (χ1) is 13.4. The summed E-state index contributed by atoms with van der Waals surface area (Å²) in [5, 5.41) is 2.81. The number of nitrogens with one attached hydrogen (secondary N) is 1. The lowest BCUT2D eigenvalue weighted by molar-refractivity contribution is -0.137. The van der Waals surface area contributed by atoms with E-state index in [0.717, 1.165) is 18.2 Å². The summed E-state index contributed by atoms with van der Waals surface area (Å²) in [5.41, 5.74) is 0.973. The largest absolute Gasteiger partial charge is 0.416 e. The van der Waals surface area contributed by atoms with E-state index in [9.17, 15) is 22.0 Å². The fourth-order valence-electron chi connectivity index (χ4n) is 3.30. The van der Waals surface area contributed by atoms with Crippen LogP contribution in [0.15, 0.2) is 84.9 Å². The monoisotopic (exact) mass is 410 g/mol. The second-order valence-electron chi connectivity index (χ2n) is 6.96. The van der Waals surface area contributed by atoms with Gasteiger partial charge in [-0.05, 0) is 36.8 Å². The Bertz CT molecular complexity index is 858. The fraction of sp³-hybridized carbons (Fsp3) is 0.273. The second-order valence-corrected chi connectivity index (χ2v) is 6.96. The number of rotatable bonds is 6. The van der Waals surface area contributed by atoms with Gasteiger partial charge in [0.15, 0.2) is 0 Å². The highest BCUT2D eigenvalue weighted by Crippen LogP contribution is 2.42. The summed E-state index contributed by atoms with van der Waals surface area (Å²) in [6.45, 7) is 13.0. The average molecular weight is 410 g/mol. The molecule has 2 atom stereocenters. The third-order valence-corrected chi connectivity index (χ3v) is 4.83. The zero-order valence-electron chi connectivity index (χ0n) is 16.3. The van der Waals surface area contributed by atoms with E-state index in [1.165, 1.54) is 25.1 Å². The molecule has 0 aromatic heterocycles. The van der Waals surface area contributed by atoms with Crippen LogP contribution in [0.5, 0.6) is 0 Å². The van der Waals surface area contributed by atoms with Crippen LogP contribution in [0.3, 0.4) is 0 Å². The topological polar surface area (TPSA) is 15.3 Å². The molecule has 1 heterocycles. The first kappa shape index (κ1) is 22.5. The van der Waals surface area contributed by atoms with Crippen LogP contribution >= 0.6 is 0 Å². The maximum atomic E-state index is 13.8. The molecule has 1 N–H and O–H groups in total. The van der Waals surface area contributed by atoms with Gasteiger partial charge < -0.3 is 10.2 Å². The van der Waals surface area contributed by atoms with Crippen molar-refractivity contribution in [1.82, 2.24) is 10.2 Å². The van der Waals surface area contributed by atoms with Gasteiger partial charge >= 0.3 is 6.18 Å². The van der Waals surface area contributed by atoms with E-state index in [0.29, 0.717) is 23.5 Å². The molecule has 1 unspecified atom stereocenters. The molecule has 1 aromatic carbocycles. The van der Waals surface area contributed by atoms with Crippen LogP contribution in [-0.2, 0) is 6.18 Å². The van der Waals surface area contributed by atoms with Crippen molar-refractivity contribution >= 4 is 0 Å². The number of likely N-dealkylation sites (tertiary alicyclic amines) is 1. The summed E-state index contributed by atoms with van der Waals surface area (Å²) in [4.78, 5) is 1.87. The fourth-order valence-corrected chi connectivity index (χ4v) is 3.30. The zero-order valence-corrected chi connectivity index (χ0v) is 16.3. The van der Waals surface area contributed by atoms with Gasteiger partial charge in [-0.2, -0.15) is 13.2 Å². The van der Waals surface area contributed by atoms with Crippen molar-refractivity contribution in [2.75, 3.05) is 13.6 Å². The maximum Gasteiger partial charge on any atom is 0.416 e. The molecule has 0 radical (unpaired) electrons. The van der Waals surface area contributed by atoms with E-state index >= 15 is 0 Å². The Morgan fingerprint density at radius 2 is 1.72 bits per heavy atom. The number of nitrogens with zero attached hydrogens (tertiary/aromatic N) is 1. The molecule has 0 bridgehead atoms. The minimum Gasteiger partial charge on any atom is -0.377 e. The van der Waals surface area contributed by atoms with Crippen LogP contribution in [0.1, 0.15) is 24.0 Å². The highest BCUT2D eigenvalue weighted by molar-refractivity contribution is 5.37. The zero-order chi connectivity index (χ0) is 21.9. The van der Waals surface area contributed by atoms with Crippen LogP contribution in [0.2, 0.25) is 0 Å².